The lowest BCUT2D eigenvalue weighted by molar-refractivity contribution is -0.139. The third-order valence-corrected chi connectivity index (χ3v) is 7.60. The van der Waals surface area contributed by atoms with Crippen LogP contribution in [0.3, 0.4) is 0 Å². The van der Waals surface area contributed by atoms with E-state index in [0.29, 0.717) is 10.2 Å². The molecule has 0 fully saturated rings. The second-order valence-electron chi connectivity index (χ2n) is 7.60. The van der Waals surface area contributed by atoms with Crippen molar-refractivity contribution >= 4 is 43.5 Å². The fraction of sp³-hybridized carbons (Fsp3) is 0.200. The maximum atomic E-state index is 13.6. The van der Waals surface area contributed by atoms with Crippen LogP contribution in [0.2, 0.25) is 0 Å². The summed E-state index contributed by atoms with van der Waals surface area (Å²) in [5.74, 6) is -0.844. The molecule has 7 nitrogen and oxygen atoms in total. The number of hydrogen-bond acceptors (Lipinski definition) is 4. The zero-order valence-corrected chi connectivity index (χ0v) is 21.3. The summed E-state index contributed by atoms with van der Waals surface area (Å²) in [5, 5.41) is 2.56. The van der Waals surface area contributed by atoms with E-state index in [1.165, 1.54) is 24.1 Å². The summed E-state index contributed by atoms with van der Waals surface area (Å²) in [4.78, 5) is 27.5. The molecule has 0 spiro atoms. The highest BCUT2D eigenvalue weighted by atomic mass is 79.9. The lowest BCUT2D eigenvalue weighted by Crippen LogP contribution is -2.50. The number of anilines is 1. The zero-order chi connectivity index (χ0) is 24.7. The summed E-state index contributed by atoms with van der Waals surface area (Å²) >= 11 is 3.37. The lowest BCUT2D eigenvalue weighted by Gasteiger charge is -2.31. The first-order valence-electron chi connectivity index (χ1n) is 10.6. The standard InChI is InChI=1S/C25H26BrN3O4S/c1-19(25(31)27-2)28(17-20-10-5-3-6-11-20)24(30)18-29(22-13-9-12-21(26)16-22)34(32,33)23-14-7-4-8-15-23/h3-16,19H,17-18H2,1-2H3,(H,27,31)/t19-/m1/s1. The van der Waals surface area contributed by atoms with Crippen LogP contribution in [-0.4, -0.2) is 44.8 Å². The Balaban J connectivity index is 2.01. The van der Waals surface area contributed by atoms with Crippen molar-refractivity contribution in [2.45, 2.75) is 24.4 Å². The van der Waals surface area contributed by atoms with E-state index >= 15 is 0 Å². The fourth-order valence-electron chi connectivity index (χ4n) is 3.45. The van der Waals surface area contributed by atoms with Crippen molar-refractivity contribution < 1.29 is 18.0 Å². The smallest absolute Gasteiger partial charge is 0.264 e. The van der Waals surface area contributed by atoms with Crippen molar-refractivity contribution in [1.82, 2.24) is 10.2 Å². The van der Waals surface area contributed by atoms with Crippen LogP contribution in [0.4, 0.5) is 5.69 Å². The van der Waals surface area contributed by atoms with Crippen LogP contribution in [0.1, 0.15) is 12.5 Å². The van der Waals surface area contributed by atoms with Gasteiger partial charge in [-0.05, 0) is 42.8 Å². The summed E-state index contributed by atoms with van der Waals surface area (Å²) in [7, 11) is -2.56. The number of nitrogens with one attached hydrogen (secondary N) is 1. The molecule has 0 saturated heterocycles. The minimum atomic E-state index is -4.06. The lowest BCUT2D eigenvalue weighted by atomic mass is 10.1. The van der Waals surface area contributed by atoms with Gasteiger partial charge in [-0.25, -0.2) is 8.42 Å². The van der Waals surface area contributed by atoms with Crippen LogP contribution >= 0.6 is 15.9 Å². The quantitative estimate of drug-likeness (QED) is 0.444. The Morgan fingerprint density at radius 2 is 1.56 bits per heavy atom. The van der Waals surface area contributed by atoms with Gasteiger partial charge in [0.15, 0.2) is 0 Å². The first kappa shape index (κ1) is 25.5. The van der Waals surface area contributed by atoms with Crippen LogP contribution in [0.25, 0.3) is 0 Å². The molecule has 0 aromatic heterocycles. The predicted octanol–water partition coefficient (Wildman–Crippen LogP) is 3.81. The van der Waals surface area contributed by atoms with E-state index < -0.39 is 28.5 Å². The van der Waals surface area contributed by atoms with Gasteiger partial charge in [-0.1, -0.05) is 70.5 Å². The Labute approximate surface area is 208 Å². The molecular weight excluding hydrogens is 518 g/mol. The molecule has 0 radical (unpaired) electrons. The molecule has 1 N–H and O–H groups in total. The number of halogens is 1. The number of amides is 2. The first-order valence-corrected chi connectivity index (χ1v) is 12.9. The molecule has 0 unspecified atom stereocenters. The molecule has 2 amide bonds. The highest BCUT2D eigenvalue weighted by Crippen LogP contribution is 2.27. The molecule has 9 heteroatoms. The number of benzene rings is 3. The van der Waals surface area contributed by atoms with Gasteiger partial charge in [0.25, 0.3) is 10.0 Å². The number of sulfonamides is 1. The van der Waals surface area contributed by atoms with Gasteiger partial charge < -0.3 is 10.2 Å². The van der Waals surface area contributed by atoms with Crippen LogP contribution in [0.15, 0.2) is 94.3 Å². The highest BCUT2D eigenvalue weighted by molar-refractivity contribution is 9.10. The van der Waals surface area contributed by atoms with Crippen molar-refractivity contribution in [3.05, 3.63) is 95.0 Å². The van der Waals surface area contributed by atoms with Gasteiger partial charge in [-0.2, -0.15) is 0 Å². The van der Waals surface area contributed by atoms with Crippen molar-refractivity contribution in [3.8, 4) is 0 Å². The van der Waals surface area contributed by atoms with Crippen LogP contribution < -0.4 is 9.62 Å². The van der Waals surface area contributed by atoms with Crippen LogP contribution in [0.5, 0.6) is 0 Å². The van der Waals surface area contributed by atoms with Crippen LogP contribution in [0, 0.1) is 0 Å². The Kier molecular flexibility index (Phi) is 8.46. The molecule has 34 heavy (non-hydrogen) atoms. The predicted molar refractivity (Wildman–Crippen MR) is 136 cm³/mol. The van der Waals surface area contributed by atoms with Crippen molar-refractivity contribution in [2.75, 3.05) is 17.9 Å². The number of rotatable bonds is 9. The van der Waals surface area contributed by atoms with Crippen molar-refractivity contribution in [1.29, 1.82) is 0 Å². The summed E-state index contributed by atoms with van der Waals surface area (Å²) in [6.45, 7) is 1.31. The van der Waals surface area contributed by atoms with E-state index in [-0.39, 0.29) is 17.3 Å². The molecule has 3 aromatic carbocycles. The number of hydrogen-bond donors (Lipinski definition) is 1. The summed E-state index contributed by atoms with van der Waals surface area (Å²) in [6.07, 6.45) is 0. The molecule has 3 rings (SSSR count). The monoisotopic (exact) mass is 543 g/mol. The van der Waals surface area contributed by atoms with E-state index in [2.05, 4.69) is 21.2 Å². The van der Waals surface area contributed by atoms with Gasteiger partial charge in [-0.3, -0.25) is 13.9 Å². The van der Waals surface area contributed by atoms with Gasteiger partial charge >= 0.3 is 0 Å². The second-order valence-corrected chi connectivity index (χ2v) is 10.4. The number of nitrogens with zero attached hydrogens (tertiary/aromatic N) is 2. The third kappa shape index (κ3) is 6.03. The Bertz CT molecular complexity index is 1240. The molecule has 0 aliphatic carbocycles. The molecular formula is C25H26BrN3O4S. The van der Waals surface area contributed by atoms with Gasteiger partial charge in [0, 0.05) is 18.1 Å². The molecule has 178 valence electrons. The molecule has 1 atom stereocenters. The average Bonchev–Trinajstić information content (AvgIpc) is 2.85. The molecule has 0 saturated carbocycles. The first-order chi connectivity index (χ1) is 16.2. The van der Waals surface area contributed by atoms with E-state index in [1.54, 1.807) is 49.4 Å². The number of carbonyl (C=O) groups is 2. The Morgan fingerprint density at radius 1 is 0.941 bits per heavy atom. The fourth-order valence-corrected chi connectivity index (χ4v) is 5.27. The molecule has 0 bridgehead atoms. The molecule has 3 aromatic rings. The maximum absolute atomic E-state index is 13.6. The Hall–Kier alpha value is -3.17. The summed E-state index contributed by atoms with van der Waals surface area (Å²) < 4.78 is 28.9. The average molecular weight is 544 g/mol. The molecule has 0 aliphatic rings. The third-order valence-electron chi connectivity index (χ3n) is 5.32. The topological polar surface area (TPSA) is 86.8 Å². The second kappa shape index (κ2) is 11.3. The molecule has 0 aliphatic heterocycles. The van der Waals surface area contributed by atoms with Crippen molar-refractivity contribution in [3.63, 3.8) is 0 Å². The van der Waals surface area contributed by atoms with E-state index in [1.807, 2.05) is 30.3 Å². The van der Waals surface area contributed by atoms with Gasteiger partial charge in [0.2, 0.25) is 11.8 Å². The number of likely N-dealkylation sites (N-methyl/N-ethyl adjacent to an activating group) is 1. The maximum Gasteiger partial charge on any atom is 0.264 e. The zero-order valence-electron chi connectivity index (χ0n) is 18.9. The van der Waals surface area contributed by atoms with E-state index in [9.17, 15) is 18.0 Å². The van der Waals surface area contributed by atoms with Gasteiger partial charge in [0.1, 0.15) is 12.6 Å². The number of carbonyl (C=O) groups excluding carboxylic acids is 2. The minimum absolute atomic E-state index is 0.0664. The Morgan fingerprint density at radius 3 is 2.15 bits per heavy atom. The minimum Gasteiger partial charge on any atom is -0.357 e. The van der Waals surface area contributed by atoms with Crippen LogP contribution in [-0.2, 0) is 26.2 Å². The molecule has 0 heterocycles. The highest BCUT2D eigenvalue weighted by Gasteiger charge is 2.32. The largest absolute Gasteiger partial charge is 0.357 e. The SMILES string of the molecule is CNC(=O)[C@@H](C)N(Cc1ccccc1)C(=O)CN(c1cccc(Br)c1)S(=O)(=O)c1ccccc1. The van der Waals surface area contributed by atoms with Gasteiger partial charge in [0.05, 0.1) is 10.6 Å². The van der Waals surface area contributed by atoms with Gasteiger partial charge in [-0.15, -0.1) is 0 Å². The van der Waals surface area contributed by atoms with E-state index in [0.717, 1.165) is 9.87 Å². The normalized spacial score (nSPS) is 12.0. The van der Waals surface area contributed by atoms with Crippen molar-refractivity contribution in [2.24, 2.45) is 0 Å². The van der Waals surface area contributed by atoms with E-state index in [4.69, 9.17) is 0 Å². The summed E-state index contributed by atoms with van der Waals surface area (Å²) in [6, 6.07) is 23.1. The summed E-state index contributed by atoms with van der Waals surface area (Å²) in [5.41, 5.74) is 1.16.